The van der Waals surface area contributed by atoms with Gasteiger partial charge in [0.15, 0.2) is 23.3 Å². The van der Waals surface area contributed by atoms with Crippen LogP contribution in [0.3, 0.4) is 0 Å². The molecular formula is C36H26F8O5S. The van der Waals surface area contributed by atoms with Crippen molar-refractivity contribution >= 4 is 9.84 Å². The smallest absolute Gasteiger partial charge is 0.218 e. The number of hydrogen-bond acceptors (Lipinski definition) is 5. The molecule has 0 unspecified atom stereocenters. The third kappa shape index (κ3) is 6.12. The molecule has 0 aliphatic heterocycles. The zero-order valence-electron chi connectivity index (χ0n) is 27.1. The summed E-state index contributed by atoms with van der Waals surface area (Å²) in [6.07, 6.45) is 0. The lowest BCUT2D eigenvalue weighted by atomic mass is 9.96. The van der Waals surface area contributed by atoms with E-state index in [4.69, 9.17) is 14.2 Å². The summed E-state index contributed by atoms with van der Waals surface area (Å²) in [6, 6.07) is 12.0. The molecule has 50 heavy (non-hydrogen) atoms. The molecular weight excluding hydrogens is 696 g/mol. The highest BCUT2D eigenvalue weighted by Gasteiger charge is 2.41. The van der Waals surface area contributed by atoms with Crippen LogP contribution in [0, 0.1) is 81.2 Å². The van der Waals surface area contributed by atoms with Crippen molar-refractivity contribution in [3.63, 3.8) is 0 Å². The molecule has 0 amide bonds. The number of benzene rings is 5. The quantitative estimate of drug-likeness (QED) is 0.118. The maximum atomic E-state index is 15.4. The minimum Gasteiger partial charge on any atom is -0.496 e. The van der Waals surface area contributed by atoms with Crippen LogP contribution >= 0.6 is 0 Å². The standard InChI is InChI=1S/C36H26F8O5S/c1-15-7-9-22(10-8-15)48-33-23(37)27(41)35(28(42)24(33)38)50(45,46)36-29(43)25(39)34(26(40)30(36)44)49-32-18(4)13-21(14-19(32)5)20-11-16(2)31(47-6)17(3)12-20/h7-14H,1-6H3. The van der Waals surface area contributed by atoms with Gasteiger partial charge in [-0.05, 0) is 104 Å². The Morgan fingerprint density at radius 1 is 0.460 bits per heavy atom. The first kappa shape index (κ1) is 36.2. The summed E-state index contributed by atoms with van der Waals surface area (Å²) in [4.78, 5) is -5.11. The van der Waals surface area contributed by atoms with Gasteiger partial charge in [0.25, 0.3) is 0 Å². The number of aryl methyl sites for hydroxylation is 5. The maximum absolute atomic E-state index is 15.4. The van der Waals surface area contributed by atoms with Crippen LogP contribution < -0.4 is 14.2 Å². The van der Waals surface area contributed by atoms with Crippen molar-refractivity contribution in [2.75, 3.05) is 7.11 Å². The van der Waals surface area contributed by atoms with E-state index in [1.807, 2.05) is 26.0 Å². The largest absolute Gasteiger partial charge is 0.496 e. The van der Waals surface area contributed by atoms with Crippen LogP contribution in [0.25, 0.3) is 11.1 Å². The van der Waals surface area contributed by atoms with Gasteiger partial charge in [-0.1, -0.05) is 17.7 Å². The van der Waals surface area contributed by atoms with Crippen molar-refractivity contribution in [3.8, 4) is 39.9 Å². The summed E-state index contributed by atoms with van der Waals surface area (Å²) in [5.41, 5.74) is 4.18. The Labute approximate surface area is 281 Å². The van der Waals surface area contributed by atoms with E-state index in [-0.39, 0.29) is 22.6 Å². The van der Waals surface area contributed by atoms with E-state index in [1.54, 1.807) is 19.1 Å². The second-order valence-electron chi connectivity index (χ2n) is 11.4. The van der Waals surface area contributed by atoms with Gasteiger partial charge in [0.2, 0.25) is 44.6 Å². The van der Waals surface area contributed by atoms with Crippen molar-refractivity contribution < 1.29 is 57.8 Å². The summed E-state index contributed by atoms with van der Waals surface area (Å²) in [5, 5.41) is 0. The fraction of sp³-hybridized carbons (Fsp3) is 0.167. The number of methoxy groups -OCH3 is 1. The third-order valence-corrected chi connectivity index (χ3v) is 9.60. The van der Waals surface area contributed by atoms with E-state index in [2.05, 4.69) is 0 Å². The van der Waals surface area contributed by atoms with Crippen molar-refractivity contribution in [1.29, 1.82) is 0 Å². The summed E-state index contributed by atoms with van der Waals surface area (Å²) in [6.45, 7) is 8.25. The molecule has 0 aliphatic rings. The first-order valence-electron chi connectivity index (χ1n) is 14.6. The van der Waals surface area contributed by atoms with Crippen LogP contribution in [0.2, 0.25) is 0 Å². The molecule has 0 saturated carbocycles. The molecule has 0 heterocycles. The summed E-state index contributed by atoms with van der Waals surface area (Å²) >= 11 is 0. The number of sulfone groups is 1. The first-order chi connectivity index (χ1) is 23.4. The van der Waals surface area contributed by atoms with Gasteiger partial charge >= 0.3 is 0 Å². The summed E-state index contributed by atoms with van der Waals surface area (Å²) in [5.74, 6) is -23.7. The molecule has 0 aliphatic carbocycles. The molecule has 14 heteroatoms. The van der Waals surface area contributed by atoms with Gasteiger partial charge in [0.05, 0.1) is 7.11 Å². The molecule has 0 fully saturated rings. The normalized spacial score (nSPS) is 11.6. The van der Waals surface area contributed by atoms with Gasteiger partial charge in [0, 0.05) is 0 Å². The van der Waals surface area contributed by atoms with E-state index in [0.29, 0.717) is 16.9 Å². The van der Waals surface area contributed by atoms with Crippen LogP contribution in [0.4, 0.5) is 35.1 Å². The molecule has 0 radical (unpaired) electrons. The molecule has 262 valence electrons. The zero-order valence-corrected chi connectivity index (χ0v) is 27.9. The van der Waals surface area contributed by atoms with Crippen molar-refractivity contribution in [3.05, 3.63) is 123 Å². The maximum Gasteiger partial charge on any atom is 0.218 e. The van der Waals surface area contributed by atoms with Crippen molar-refractivity contribution in [2.45, 2.75) is 44.4 Å². The molecule has 5 aromatic carbocycles. The highest BCUT2D eigenvalue weighted by molar-refractivity contribution is 7.91. The van der Waals surface area contributed by atoms with Gasteiger partial charge in [-0.2, -0.15) is 17.6 Å². The molecule has 5 aromatic rings. The topological polar surface area (TPSA) is 61.8 Å². The SMILES string of the molecule is COc1c(C)cc(-c2cc(C)c(Oc3c(F)c(F)c(S(=O)(=O)c4c(F)c(F)c(Oc5ccc(C)cc5)c(F)c4F)c(F)c3F)c(C)c2)cc1C. The van der Waals surface area contributed by atoms with Crippen molar-refractivity contribution in [1.82, 2.24) is 0 Å². The molecule has 5 rings (SSSR count). The van der Waals surface area contributed by atoms with Crippen LogP contribution in [0.5, 0.6) is 28.7 Å². The average molecular weight is 723 g/mol. The molecule has 0 aromatic heterocycles. The van der Waals surface area contributed by atoms with E-state index in [0.717, 1.165) is 16.7 Å². The molecule has 0 bridgehead atoms. The average Bonchev–Trinajstić information content (AvgIpc) is 3.04. The Bertz CT molecular complexity index is 2200. The third-order valence-electron chi connectivity index (χ3n) is 7.81. The van der Waals surface area contributed by atoms with Gasteiger partial charge in [0.1, 0.15) is 27.0 Å². The molecule has 0 spiro atoms. The monoisotopic (exact) mass is 722 g/mol. The summed E-state index contributed by atoms with van der Waals surface area (Å²) < 4.78 is 163. The van der Waals surface area contributed by atoms with E-state index >= 15 is 26.3 Å². The minimum absolute atomic E-state index is 0.241. The highest BCUT2D eigenvalue weighted by atomic mass is 32.2. The van der Waals surface area contributed by atoms with E-state index in [1.165, 1.54) is 45.2 Å². The Balaban J connectivity index is 1.57. The number of ether oxygens (including phenoxy) is 3. The summed E-state index contributed by atoms with van der Waals surface area (Å²) in [7, 11) is -4.86. The molecule has 0 saturated heterocycles. The Morgan fingerprint density at radius 2 is 0.800 bits per heavy atom. The fourth-order valence-electron chi connectivity index (χ4n) is 5.48. The second kappa shape index (κ2) is 13.3. The first-order valence-corrected chi connectivity index (χ1v) is 16.0. The Hall–Kier alpha value is -5.11. The van der Waals surface area contributed by atoms with Gasteiger partial charge in [-0.15, -0.1) is 0 Å². The number of hydrogen-bond donors (Lipinski definition) is 0. The second-order valence-corrected chi connectivity index (χ2v) is 13.3. The lowest BCUT2D eigenvalue weighted by molar-refractivity contribution is 0.344. The molecule has 5 nitrogen and oxygen atoms in total. The zero-order chi connectivity index (χ0) is 37.0. The van der Waals surface area contributed by atoms with Crippen LogP contribution in [-0.4, -0.2) is 15.5 Å². The highest BCUT2D eigenvalue weighted by Crippen LogP contribution is 2.43. The van der Waals surface area contributed by atoms with Crippen molar-refractivity contribution in [2.24, 2.45) is 0 Å². The number of halogens is 8. The minimum atomic E-state index is -6.38. The Kier molecular flexibility index (Phi) is 9.63. The lowest BCUT2D eigenvalue weighted by Gasteiger charge is -2.18. The van der Waals surface area contributed by atoms with Crippen LogP contribution in [0.1, 0.15) is 27.8 Å². The van der Waals surface area contributed by atoms with Gasteiger partial charge < -0.3 is 14.2 Å². The predicted octanol–water partition coefficient (Wildman–Crippen LogP) is 10.4. The van der Waals surface area contributed by atoms with Gasteiger partial charge in [-0.25, -0.2) is 26.0 Å². The predicted molar refractivity (Wildman–Crippen MR) is 167 cm³/mol. The Morgan fingerprint density at radius 3 is 1.16 bits per heavy atom. The molecule has 0 N–H and O–H groups in total. The van der Waals surface area contributed by atoms with Crippen LogP contribution in [0.15, 0.2) is 58.3 Å². The fourth-order valence-corrected chi connectivity index (χ4v) is 6.99. The van der Waals surface area contributed by atoms with E-state index in [9.17, 15) is 17.2 Å². The van der Waals surface area contributed by atoms with Crippen LogP contribution in [-0.2, 0) is 9.84 Å². The van der Waals surface area contributed by atoms with E-state index < -0.39 is 77.7 Å². The lowest BCUT2D eigenvalue weighted by Crippen LogP contribution is -2.17. The van der Waals surface area contributed by atoms with Gasteiger partial charge in [-0.3, -0.25) is 0 Å². The molecule has 0 atom stereocenters. The number of rotatable bonds is 8.